The van der Waals surface area contributed by atoms with E-state index >= 15 is 0 Å². The van der Waals surface area contributed by atoms with Crippen LogP contribution in [0, 0.1) is 6.92 Å². The molecule has 0 spiro atoms. The summed E-state index contributed by atoms with van der Waals surface area (Å²) in [6, 6.07) is 3.82. The molecular formula is C11H10BrFO. The predicted octanol–water partition coefficient (Wildman–Crippen LogP) is 3.22. The van der Waals surface area contributed by atoms with E-state index < -0.39 is 6.17 Å². The number of hydrogen-bond acceptors (Lipinski definition) is 1. The third kappa shape index (κ3) is 1.50. The first-order valence-corrected chi connectivity index (χ1v) is 5.36. The zero-order valence-corrected chi connectivity index (χ0v) is 9.40. The second-order valence-corrected chi connectivity index (χ2v) is 4.51. The van der Waals surface area contributed by atoms with Gasteiger partial charge in [0.15, 0.2) is 12.0 Å². The highest BCUT2D eigenvalue weighted by molar-refractivity contribution is 9.10. The summed E-state index contributed by atoms with van der Waals surface area (Å²) in [6.07, 6.45) is -0.342. The lowest BCUT2D eigenvalue weighted by Gasteiger charge is -2.19. The Morgan fingerprint density at radius 1 is 1.50 bits per heavy atom. The van der Waals surface area contributed by atoms with E-state index in [-0.39, 0.29) is 5.78 Å². The molecule has 1 aliphatic carbocycles. The van der Waals surface area contributed by atoms with Gasteiger partial charge in [-0.1, -0.05) is 22.0 Å². The smallest absolute Gasteiger partial charge is 0.198 e. The van der Waals surface area contributed by atoms with Crippen molar-refractivity contribution >= 4 is 21.7 Å². The molecule has 1 aromatic carbocycles. The maximum Gasteiger partial charge on any atom is 0.198 e. The molecule has 0 saturated carbocycles. The molecule has 0 bridgehead atoms. The van der Waals surface area contributed by atoms with Crippen LogP contribution in [0.3, 0.4) is 0 Å². The fraction of sp³-hybridized carbons (Fsp3) is 0.364. The molecule has 0 radical (unpaired) electrons. The van der Waals surface area contributed by atoms with E-state index in [4.69, 9.17) is 0 Å². The Morgan fingerprint density at radius 2 is 2.21 bits per heavy atom. The molecule has 74 valence electrons. The van der Waals surface area contributed by atoms with Crippen LogP contribution < -0.4 is 0 Å². The second-order valence-electron chi connectivity index (χ2n) is 3.65. The summed E-state index contributed by atoms with van der Waals surface area (Å²) in [4.78, 5) is 11.5. The molecule has 0 N–H and O–H groups in total. The molecule has 1 atom stereocenters. The number of aryl methyl sites for hydroxylation is 2. The molecule has 0 saturated heterocycles. The number of benzene rings is 1. The van der Waals surface area contributed by atoms with Crippen molar-refractivity contribution in [2.24, 2.45) is 0 Å². The summed E-state index contributed by atoms with van der Waals surface area (Å²) in [5.41, 5.74) is 2.60. The lowest BCUT2D eigenvalue weighted by molar-refractivity contribution is 0.0855. The van der Waals surface area contributed by atoms with Gasteiger partial charge in [0.1, 0.15) is 0 Å². The largest absolute Gasteiger partial charge is 0.291 e. The maximum atomic E-state index is 13.2. The summed E-state index contributed by atoms with van der Waals surface area (Å²) in [5.74, 6) is -0.377. The highest BCUT2D eigenvalue weighted by atomic mass is 79.9. The van der Waals surface area contributed by atoms with Crippen LogP contribution in [0.4, 0.5) is 4.39 Å². The van der Waals surface area contributed by atoms with Crippen molar-refractivity contribution in [2.45, 2.75) is 25.9 Å². The molecule has 0 aliphatic heterocycles. The van der Waals surface area contributed by atoms with Crippen molar-refractivity contribution < 1.29 is 9.18 Å². The molecule has 3 heteroatoms. The van der Waals surface area contributed by atoms with E-state index in [1.807, 2.05) is 19.1 Å². The fourth-order valence-corrected chi connectivity index (χ4v) is 2.67. The first kappa shape index (κ1) is 9.84. The average Bonchev–Trinajstić information content (AvgIpc) is 2.10. The second kappa shape index (κ2) is 3.46. The number of carbonyl (C=O) groups is 1. The molecule has 1 aliphatic rings. The van der Waals surface area contributed by atoms with Crippen molar-refractivity contribution in [3.8, 4) is 0 Å². The summed E-state index contributed by atoms with van der Waals surface area (Å²) in [6.45, 7) is 1.97. The van der Waals surface area contributed by atoms with Gasteiger partial charge < -0.3 is 0 Å². The average molecular weight is 257 g/mol. The number of halogens is 2. The number of ketones is 1. The number of fused-ring (bicyclic) bond motifs is 1. The molecule has 0 fully saturated rings. The Labute approximate surface area is 90.4 Å². The summed E-state index contributed by atoms with van der Waals surface area (Å²) in [5, 5.41) is 0. The van der Waals surface area contributed by atoms with Gasteiger partial charge in [0, 0.05) is 10.0 Å². The van der Waals surface area contributed by atoms with Crippen LogP contribution in [0.15, 0.2) is 16.6 Å². The Hall–Kier alpha value is -0.700. The van der Waals surface area contributed by atoms with Crippen LogP contribution >= 0.6 is 15.9 Å². The number of hydrogen-bond donors (Lipinski definition) is 0. The number of rotatable bonds is 0. The van der Waals surface area contributed by atoms with E-state index in [0.29, 0.717) is 18.4 Å². The van der Waals surface area contributed by atoms with Gasteiger partial charge in [-0.05, 0) is 37.0 Å². The van der Waals surface area contributed by atoms with E-state index in [1.54, 1.807) is 0 Å². The monoisotopic (exact) mass is 256 g/mol. The van der Waals surface area contributed by atoms with E-state index in [0.717, 1.165) is 15.6 Å². The topological polar surface area (TPSA) is 17.1 Å². The zero-order valence-electron chi connectivity index (χ0n) is 7.81. The number of Topliss-reactive ketones (excluding diaryl/α,β-unsaturated/α-hetero) is 1. The van der Waals surface area contributed by atoms with Gasteiger partial charge in [0.2, 0.25) is 0 Å². The summed E-state index contributed by atoms with van der Waals surface area (Å²) >= 11 is 3.31. The normalized spacial score (nSPS) is 20.8. The lowest BCUT2D eigenvalue weighted by Crippen LogP contribution is -2.24. The van der Waals surface area contributed by atoms with Gasteiger partial charge in [-0.15, -0.1) is 0 Å². The van der Waals surface area contributed by atoms with Gasteiger partial charge in [-0.3, -0.25) is 4.79 Å². The Morgan fingerprint density at radius 3 is 2.93 bits per heavy atom. The van der Waals surface area contributed by atoms with Crippen LogP contribution in [0.25, 0.3) is 0 Å². The SMILES string of the molecule is Cc1cc(Br)c2c(c1)CCC(F)C2=O. The first-order chi connectivity index (χ1) is 6.59. The molecule has 0 heterocycles. The van der Waals surface area contributed by atoms with Crippen molar-refractivity contribution in [2.75, 3.05) is 0 Å². The van der Waals surface area contributed by atoms with Crippen LogP contribution in [-0.2, 0) is 6.42 Å². The molecule has 2 rings (SSSR count). The van der Waals surface area contributed by atoms with Crippen LogP contribution in [0.2, 0.25) is 0 Å². The Bertz CT molecular complexity index is 401. The molecule has 0 amide bonds. The lowest BCUT2D eigenvalue weighted by atomic mass is 9.88. The van der Waals surface area contributed by atoms with Crippen molar-refractivity contribution in [1.82, 2.24) is 0 Å². The molecule has 14 heavy (non-hydrogen) atoms. The maximum absolute atomic E-state index is 13.2. The van der Waals surface area contributed by atoms with Gasteiger partial charge >= 0.3 is 0 Å². The van der Waals surface area contributed by atoms with Crippen LogP contribution in [-0.4, -0.2) is 12.0 Å². The van der Waals surface area contributed by atoms with Crippen molar-refractivity contribution in [1.29, 1.82) is 0 Å². The molecule has 1 aromatic rings. The summed E-state index contributed by atoms with van der Waals surface area (Å²) < 4.78 is 13.9. The number of carbonyl (C=O) groups excluding carboxylic acids is 1. The molecule has 1 nitrogen and oxygen atoms in total. The molecule has 0 aromatic heterocycles. The van der Waals surface area contributed by atoms with Gasteiger partial charge in [0.25, 0.3) is 0 Å². The summed E-state index contributed by atoms with van der Waals surface area (Å²) in [7, 11) is 0. The minimum Gasteiger partial charge on any atom is -0.291 e. The van der Waals surface area contributed by atoms with E-state index in [9.17, 15) is 9.18 Å². The van der Waals surface area contributed by atoms with Crippen LogP contribution in [0.5, 0.6) is 0 Å². The van der Waals surface area contributed by atoms with Gasteiger partial charge in [0.05, 0.1) is 0 Å². The van der Waals surface area contributed by atoms with Crippen molar-refractivity contribution in [3.63, 3.8) is 0 Å². The highest BCUT2D eigenvalue weighted by Crippen LogP contribution is 2.30. The third-order valence-corrected chi connectivity index (χ3v) is 3.14. The highest BCUT2D eigenvalue weighted by Gasteiger charge is 2.28. The third-order valence-electron chi connectivity index (χ3n) is 2.51. The molecule has 1 unspecified atom stereocenters. The number of alkyl halides is 1. The van der Waals surface area contributed by atoms with Gasteiger partial charge in [-0.2, -0.15) is 0 Å². The van der Waals surface area contributed by atoms with Gasteiger partial charge in [-0.25, -0.2) is 4.39 Å². The molecular weight excluding hydrogens is 247 g/mol. The van der Waals surface area contributed by atoms with Crippen molar-refractivity contribution in [3.05, 3.63) is 33.3 Å². The predicted molar refractivity (Wildman–Crippen MR) is 56.4 cm³/mol. The van der Waals surface area contributed by atoms with E-state index in [1.165, 1.54) is 0 Å². The first-order valence-electron chi connectivity index (χ1n) is 4.57. The minimum atomic E-state index is -1.32. The van der Waals surface area contributed by atoms with E-state index in [2.05, 4.69) is 15.9 Å². The fourth-order valence-electron chi connectivity index (χ4n) is 1.86. The minimum absolute atomic E-state index is 0.321. The Kier molecular flexibility index (Phi) is 2.43. The quantitative estimate of drug-likeness (QED) is 0.697. The zero-order chi connectivity index (χ0) is 10.3. The van der Waals surface area contributed by atoms with Crippen LogP contribution in [0.1, 0.15) is 27.9 Å². The Balaban J connectivity index is 2.60. The standard InChI is InChI=1S/C11H10BrFO/c1-6-4-7-2-3-9(13)11(14)10(7)8(12)5-6/h4-5,9H,2-3H2,1H3.